The number of aldehydes is 1. The van der Waals surface area contributed by atoms with E-state index in [-0.39, 0.29) is 19.6 Å². The summed E-state index contributed by atoms with van der Waals surface area (Å²) in [6, 6.07) is 7.82. The standard InChI is InChI=1S/C18H23N3O5/c22-9-8-20(12-17(23)24)6-3-7-21(13-18(25)26)11-15-10-14-4-1-2-5-16(14)19-15/h1-2,4-5,9H,3,6-8,10-13H2,(H,23,24)(H,25,26). The van der Waals surface area contributed by atoms with Crippen LogP contribution in [0.4, 0.5) is 5.69 Å². The van der Waals surface area contributed by atoms with Gasteiger partial charge in [-0.25, -0.2) is 0 Å². The molecule has 0 saturated carbocycles. The highest BCUT2D eigenvalue weighted by Crippen LogP contribution is 2.26. The predicted octanol–water partition coefficient (Wildman–Crippen LogP) is 0.677. The Hall–Kier alpha value is -2.58. The summed E-state index contributed by atoms with van der Waals surface area (Å²) in [4.78, 5) is 40.4. The molecule has 0 aromatic heterocycles. The molecule has 0 bridgehead atoms. The average molecular weight is 361 g/mol. The van der Waals surface area contributed by atoms with Crippen molar-refractivity contribution < 1.29 is 24.6 Å². The van der Waals surface area contributed by atoms with E-state index in [9.17, 15) is 14.4 Å². The molecule has 1 aliphatic heterocycles. The van der Waals surface area contributed by atoms with Gasteiger partial charge < -0.3 is 15.0 Å². The summed E-state index contributed by atoms with van der Waals surface area (Å²) >= 11 is 0. The van der Waals surface area contributed by atoms with Crippen molar-refractivity contribution in [1.29, 1.82) is 0 Å². The van der Waals surface area contributed by atoms with Gasteiger partial charge in [0.15, 0.2) is 0 Å². The molecule has 0 radical (unpaired) electrons. The second kappa shape index (κ2) is 9.79. The lowest BCUT2D eigenvalue weighted by molar-refractivity contribution is -0.139. The molecule has 0 fully saturated rings. The van der Waals surface area contributed by atoms with Crippen molar-refractivity contribution in [3.63, 3.8) is 0 Å². The number of carbonyl (C=O) groups excluding carboxylic acids is 1. The van der Waals surface area contributed by atoms with Gasteiger partial charge in [-0.15, -0.1) is 0 Å². The third-order valence-electron chi connectivity index (χ3n) is 4.07. The van der Waals surface area contributed by atoms with Gasteiger partial charge in [-0.2, -0.15) is 0 Å². The van der Waals surface area contributed by atoms with E-state index in [0.29, 0.717) is 38.8 Å². The van der Waals surface area contributed by atoms with Gasteiger partial charge in [0.1, 0.15) is 6.29 Å². The summed E-state index contributed by atoms with van der Waals surface area (Å²) in [5.41, 5.74) is 2.98. The van der Waals surface area contributed by atoms with Gasteiger partial charge in [0.25, 0.3) is 0 Å². The second-order valence-electron chi connectivity index (χ2n) is 6.24. The molecule has 1 aliphatic rings. The number of carboxylic acids is 2. The van der Waals surface area contributed by atoms with E-state index in [0.717, 1.165) is 17.0 Å². The van der Waals surface area contributed by atoms with Gasteiger partial charge in [0.2, 0.25) is 0 Å². The fraction of sp³-hybridized carbons (Fsp3) is 0.444. The van der Waals surface area contributed by atoms with E-state index in [1.807, 2.05) is 24.3 Å². The van der Waals surface area contributed by atoms with Crippen LogP contribution in [0.5, 0.6) is 0 Å². The fourth-order valence-corrected chi connectivity index (χ4v) is 3.00. The van der Waals surface area contributed by atoms with E-state index >= 15 is 0 Å². The number of nitrogens with zero attached hydrogens (tertiary/aromatic N) is 3. The molecule has 1 aromatic carbocycles. The lowest BCUT2D eigenvalue weighted by atomic mass is 10.1. The quantitative estimate of drug-likeness (QED) is 0.527. The molecule has 1 aromatic rings. The van der Waals surface area contributed by atoms with Crippen LogP contribution in [-0.2, 0) is 20.8 Å². The van der Waals surface area contributed by atoms with E-state index < -0.39 is 11.9 Å². The summed E-state index contributed by atoms with van der Waals surface area (Å²) < 4.78 is 0. The molecule has 0 atom stereocenters. The van der Waals surface area contributed by atoms with Crippen molar-refractivity contribution in [2.24, 2.45) is 4.99 Å². The molecule has 0 saturated heterocycles. The Morgan fingerprint density at radius 3 is 2.38 bits per heavy atom. The van der Waals surface area contributed by atoms with Crippen LogP contribution in [0.25, 0.3) is 0 Å². The summed E-state index contributed by atoms with van der Waals surface area (Å²) in [5, 5.41) is 18.0. The molecular formula is C18H23N3O5. The van der Waals surface area contributed by atoms with Gasteiger partial charge in [-0.3, -0.25) is 24.4 Å². The molecule has 26 heavy (non-hydrogen) atoms. The normalized spacial score (nSPS) is 12.9. The van der Waals surface area contributed by atoms with E-state index in [4.69, 9.17) is 10.2 Å². The monoisotopic (exact) mass is 361 g/mol. The number of fused-ring (bicyclic) bond motifs is 1. The molecular weight excluding hydrogens is 338 g/mol. The van der Waals surface area contributed by atoms with E-state index in [1.165, 1.54) is 4.90 Å². The molecule has 0 aliphatic carbocycles. The minimum atomic E-state index is -0.993. The maximum atomic E-state index is 11.1. The Bertz CT molecular complexity index is 689. The Morgan fingerprint density at radius 2 is 1.73 bits per heavy atom. The number of aliphatic carboxylic acids is 2. The highest BCUT2D eigenvalue weighted by molar-refractivity contribution is 5.95. The van der Waals surface area contributed by atoms with E-state index in [2.05, 4.69) is 4.99 Å². The number of benzene rings is 1. The topological polar surface area (TPSA) is 111 Å². The minimum Gasteiger partial charge on any atom is -0.480 e. The SMILES string of the molecule is O=CCN(CCCN(CC(=O)O)CC1=Nc2ccccc2C1)CC(=O)O. The van der Waals surface area contributed by atoms with Gasteiger partial charge in [-0.1, -0.05) is 18.2 Å². The van der Waals surface area contributed by atoms with Crippen LogP contribution in [0.15, 0.2) is 29.3 Å². The average Bonchev–Trinajstić information content (AvgIpc) is 2.96. The maximum absolute atomic E-state index is 11.1. The number of para-hydroxylation sites is 1. The number of aliphatic imine (C=N–C) groups is 1. The zero-order valence-electron chi connectivity index (χ0n) is 14.5. The van der Waals surface area contributed by atoms with Gasteiger partial charge in [0.05, 0.1) is 25.3 Å². The van der Waals surface area contributed by atoms with Crippen molar-refractivity contribution in [2.75, 3.05) is 39.3 Å². The molecule has 140 valence electrons. The van der Waals surface area contributed by atoms with Crippen LogP contribution >= 0.6 is 0 Å². The van der Waals surface area contributed by atoms with Crippen LogP contribution in [0.3, 0.4) is 0 Å². The minimum absolute atomic E-state index is 0.0489. The van der Waals surface area contributed by atoms with Crippen LogP contribution in [-0.4, -0.2) is 83.2 Å². The largest absolute Gasteiger partial charge is 0.480 e. The Morgan fingerprint density at radius 1 is 1.08 bits per heavy atom. The second-order valence-corrected chi connectivity index (χ2v) is 6.24. The molecule has 2 N–H and O–H groups in total. The highest BCUT2D eigenvalue weighted by atomic mass is 16.4. The zero-order chi connectivity index (χ0) is 18.9. The van der Waals surface area contributed by atoms with Crippen LogP contribution < -0.4 is 0 Å². The molecule has 0 amide bonds. The molecule has 1 heterocycles. The lowest BCUT2D eigenvalue weighted by Crippen LogP contribution is -2.38. The molecule has 8 heteroatoms. The number of carbonyl (C=O) groups is 3. The fourth-order valence-electron chi connectivity index (χ4n) is 3.00. The third kappa shape index (κ3) is 6.38. The molecule has 0 unspecified atom stereocenters. The van der Waals surface area contributed by atoms with Crippen molar-refractivity contribution in [1.82, 2.24) is 9.80 Å². The third-order valence-corrected chi connectivity index (χ3v) is 4.07. The Kier molecular flexibility index (Phi) is 7.43. The number of carboxylic acid groups (broad SMARTS) is 2. The maximum Gasteiger partial charge on any atom is 0.317 e. The Labute approximate surface area is 151 Å². The van der Waals surface area contributed by atoms with Crippen molar-refractivity contribution >= 4 is 29.6 Å². The smallest absolute Gasteiger partial charge is 0.317 e. The first-order chi connectivity index (χ1) is 12.5. The van der Waals surface area contributed by atoms with Crippen molar-refractivity contribution in [2.45, 2.75) is 12.8 Å². The first-order valence-electron chi connectivity index (χ1n) is 8.44. The number of rotatable bonds is 12. The Balaban J connectivity index is 1.88. The van der Waals surface area contributed by atoms with Gasteiger partial charge in [-0.05, 0) is 18.1 Å². The highest BCUT2D eigenvalue weighted by Gasteiger charge is 2.19. The lowest BCUT2D eigenvalue weighted by Gasteiger charge is -2.22. The van der Waals surface area contributed by atoms with Crippen molar-refractivity contribution in [3.8, 4) is 0 Å². The summed E-state index contributed by atoms with van der Waals surface area (Å²) in [6.07, 6.45) is 1.94. The summed E-state index contributed by atoms with van der Waals surface area (Å²) in [6.45, 7) is 1.08. The molecule has 8 nitrogen and oxygen atoms in total. The number of hydrogen-bond donors (Lipinski definition) is 2. The van der Waals surface area contributed by atoms with E-state index in [1.54, 1.807) is 4.90 Å². The van der Waals surface area contributed by atoms with Crippen molar-refractivity contribution in [3.05, 3.63) is 29.8 Å². The summed E-state index contributed by atoms with van der Waals surface area (Å²) in [7, 11) is 0. The zero-order valence-corrected chi connectivity index (χ0v) is 14.5. The first-order valence-corrected chi connectivity index (χ1v) is 8.44. The predicted molar refractivity (Wildman–Crippen MR) is 96.1 cm³/mol. The van der Waals surface area contributed by atoms with Crippen LogP contribution in [0.2, 0.25) is 0 Å². The molecule has 2 rings (SSSR count). The van der Waals surface area contributed by atoms with Crippen LogP contribution in [0.1, 0.15) is 12.0 Å². The molecule has 0 spiro atoms. The summed E-state index contributed by atoms with van der Waals surface area (Å²) in [5.74, 6) is -1.91. The first kappa shape index (κ1) is 19.7. The van der Waals surface area contributed by atoms with Crippen LogP contribution in [0, 0.1) is 0 Å². The van der Waals surface area contributed by atoms with Gasteiger partial charge in [0, 0.05) is 31.8 Å². The van der Waals surface area contributed by atoms with Gasteiger partial charge >= 0.3 is 11.9 Å². The number of hydrogen-bond acceptors (Lipinski definition) is 6.